The molecule has 0 aliphatic heterocycles. The van der Waals surface area contributed by atoms with E-state index in [1.54, 1.807) is 7.11 Å². The molecule has 0 radical (unpaired) electrons. The second kappa shape index (κ2) is 5.40. The van der Waals surface area contributed by atoms with Crippen LogP contribution in [0.4, 0.5) is 0 Å². The first-order valence-electron chi connectivity index (χ1n) is 5.99. The predicted molar refractivity (Wildman–Crippen MR) is 79.7 cm³/mol. The fraction of sp³-hybridized carbons (Fsp3) is 0.286. The number of nitrogens with zero attached hydrogens (tertiary/aromatic N) is 2. The lowest BCUT2D eigenvalue weighted by molar-refractivity contribution is 0.407. The number of benzene rings is 1. The number of hydrogen-bond acceptors (Lipinski definition) is 3. The van der Waals surface area contributed by atoms with Crippen molar-refractivity contribution in [3.05, 3.63) is 46.8 Å². The highest BCUT2D eigenvalue weighted by atomic mass is 32.1. The second-order valence-corrected chi connectivity index (χ2v) is 4.92. The highest BCUT2D eigenvalue weighted by Crippen LogP contribution is 2.21. The van der Waals surface area contributed by atoms with Crippen LogP contribution in [-0.2, 0) is 6.54 Å². The lowest BCUT2D eigenvalue weighted by Gasteiger charge is -2.11. The molecule has 0 amide bonds. The van der Waals surface area contributed by atoms with Crippen molar-refractivity contribution in [1.29, 1.82) is 0 Å². The van der Waals surface area contributed by atoms with Crippen molar-refractivity contribution >= 4 is 17.2 Å². The van der Waals surface area contributed by atoms with E-state index in [9.17, 15) is 0 Å². The van der Waals surface area contributed by atoms with Crippen molar-refractivity contribution in [3.63, 3.8) is 0 Å². The summed E-state index contributed by atoms with van der Waals surface area (Å²) in [4.78, 5) is 0.386. The number of nitrogens with two attached hydrogens (primary N) is 1. The molecule has 0 saturated carbocycles. The van der Waals surface area contributed by atoms with Crippen molar-refractivity contribution in [1.82, 2.24) is 9.78 Å². The summed E-state index contributed by atoms with van der Waals surface area (Å²) in [5.74, 6) is 0.813. The molecule has 1 aromatic heterocycles. The molecule has 0 atom stereocenters. The highest BCUT2D eigenvalue weighted by Gasteiger charge is 2.09. The van der Waals surface area contributed by atoms with Crippen LogP contribution in [0, 0.1) is 13.8 Å². The van der Waals surface area contributed by atoms with Gasteiger partial charge < -0.3 is 10.5 Å². The van der Waals surface area contributed by atoms with E-state index >= 15 is 0 Å². The van der Waals surface area contributed by atoms with E-state index in [-0.39, 0.29) is 0 Å². The minimum absolute atomic E-state index is 0.386. The third-order valence-corrected chi connectivity index (χ3v) is 3.22. The van der Waals surface area contributed by atoms with E-state index in [2.05, 4.69) is 5.10 Å². The maximum absolute atomic E-state index is 5.67. The van der Waals surface area contributed by atoms with Crippen LogP contribution in [0.2, 0.25) is 0 Å². The van der Waals surface area contributed by atoms with Crippen molar-refractivity contribution in [2.75, 3.05) is 7.11 Å². The number of aryl methyl sites for hydroxylation is 2. The number of methoxy groups -OCH3 is 1. The summed E-state index contributed by atoms with van der Waals surface area (Å²) in [5.41, 5.74) is 9.64. The SMILES string of the molecule is COc1ccc(C(N)=S)cc1Cn1nc(C)cc1C. The van der Waals surface area contributed by atoms with Gasteiger partial charge in [0.2, 0.25) is 0 Å². The van der Waals surface area contributed by atoms with Gasteiger partial charge in [-0.2, -0.15) is 5.10 Å². The summed E-state index contributed by atoms with van der Waals surface area (Å²) >= 11 is 5.01. The van der Waals surface area contributed by atoms with Crippen molar-refractivity contribution < 1.29 is 4.74 Å². The van der Waals surface area contributed by atoms with E-state index in [1.165, 1.54) is 0 Å². The second-order valence-electron chi connectivity index (χ2n) is 4.48. The number of ether oxygens (including phenoxy) is 1. The van der Waals surface area contributed by atoms with Gasteiger partial charge in [-0.05, 0) is 38.1 Å². The Morgan fingerprint density at radius 3 is 2.63 bits per heavy atom. The average Bonchev–Trinajstić information content (AvgIpc) is 2.67. The Balaban J connectivity index is 2.39. The molecule has 2 N–H and O–H groups in total. The van der Waals surface area contributed by atoms with Gasteiger partial charge in [0, 0.05) is 16.8 Å². The first-order valence-corrected chi connectivity index (χ1v) is 6.40. The number of hydrogen-bond donors (Lipinski definition) is 1. The zero-order valence-electron chi connectivity index (χ0n) is 11.3. The molecule has 0 bridgehead atoms. The summed E-state index contributed by atoms with van der Waals surface area (Å²) in [5, 5.41) is 4.45. The standard InChI is InChI=1S/C14H17N3OS/c1-9-6-10(2)17(16-9)8-12-7-11(14(15)19)4-5-13(12)18-3/h4-7H,8H2,1-3H3,(H2,15,19). The lowest BCUT2D eigenvalue weighted by atomic mass is 10.1. The van der Waals surface area contributed by atoms with Crippen LogP contribution in [0.5, 0.6) is 5.75 Å². The summed E-state index contributed by atoms with van der Waals surface area (Å²) in [6.45, 7) is 4.65. The molecule has 0 aliphatic rings. The first kappa shape index (κ1) is 13.5. The van der Waals surface area contributed by atoms with Crippen molar-refractivity contribution in [2.24, 2.45) is 5.73 Å². The summed E-state index contributed by atoms with van der Waals surface area (Å²) in [7, 11) is 1.65. The van der Waals surface area contributed by atoms with Gasteiger partial charge in [-0.15, -0.1) is 0 Å². The first-order chi connectivity index (χ1) is 9.01. The zero-order valence-corrected chi connectivity index (χ0v) is 12.1. The lowest BCUT2D eigenvalue weighted by Crippen LogP contribution is -2.11. The van der Waals surface area contributed by atoms with E-state index in [4.69, 9.17) is 22.7 Å². The quantitative estimate of drug-likeness (QED) is 0.869. The van der Waals surface area contributed by atoms with Gasteiger partial charge in [0.15, 0.2) is 0 Å². The molecule has 2 rings (SSSR count). The largest absolute Gasteiger partial charge is 0.496 e. The Labute approximate surface area is 118 Å². The van der Waals surface area contributed by atoms with Gasteiger partial charge in [0.05, 0.1) is 19.3 Å². The van der Waals surface area contributed by atoms with Crippen LogP contribution >= 0.6 is 12.2 Å². The molecule has 4 nitrogen and oxygen atoms in total. The molecule has 0 fully saturated rings. The molecule has 0 unspecified atom stereocenters. The minimum Gasteiger partial charge on any atom is -0.496 e. The molecule has 2 aromatic rings. The number of thiocarbonyl (C=S) groups is 1. The fourth-order valence-corrected chi connectivity index (χ4v) is 2.18. The number of rotatable bonds is 4. The Kier molecular flexibility index (Phi) is 3.85. The van der Waals surface area contributed by atoms with Crippen molar-refractivity contribution in [3.8, 4) is 5.75 Å². The van der Waals surface area contributed by atoms with Gasteiger partial charge >= 0.3 is 0 Å². The average molecular weight is 275 g/mol. The van der Waals surface area contributed by atoms with Crippen LogP contribution in [0.25, 0.3) is 0 Å². The van der Waals surface area contributed by atoms with E-state index in [0.717, 1.165) is 28.3 Å². The Morgan fingerprint density at radius 2 is 2.11 bits per heavy atom. The molecule has 5 heteroatoms. The van der Waals surface area contributed by atoms with E-state index in [0.29, 0.717) is 11.5 Å². The summed E-state index contributed by atoms with van der Waals surface area (Å²) in [6, 6.07) is 7.75. The topological polar surface area (TPSA) is 53.1 Å². The summed E-state index contributed by atoms with van der Waals surface area (Å²) in [6.07, 6.45) is 0. The Morgan fingerprint density at radius 1 is 1.37 bits per heavy atom. The fourth-order valence-electron chi connectivity index (χ4n) is 2.05. The third-order valence-electron chi connectivity index (χ3n) is 2.99. The molecule has 19 heavy (non-hydrogen) atoms. The number of aromatic nitrogens is 2. The van der Waals surface area contributed by atoms with Gasteiger partial charge in [0.25, 0.3) is 0 Å². The van der Waals surface area contributed by atoms with Gasteiger partial charge in [-0.3, -0.25) is 4.68 Å². The molecular formula is C14H17N3OS. The molecule has 1 heterocycles. The molecular weight excluding hydrogens is 258 g/mol. The van der Waals surface area contributed by atoms with Crippen LogP contribution in [0.15, 0.2) is 24.3 Å². The van der Waals surface area contributed by atoms with Crippen LogP contribution in [0.1, 0.15) is 22.5 Å². The van der Waals surface area contributed by atoms with Crippen LogP contribution in [0.3, 0.4) is 0 Å². The van der Waals surface area contributed by atoms with Crippen molar-refractivity contribution in [2.45, 2.75) is 20.4 Å². The van der Waals surface area contributed by atoms with Crippen LogP contribution in [-0.4, -0.2) is 21.9 Å². The maximum Gasteiger partial charge on any atom is 0.123 e. The minimum atomic E-state index is 0.386. The maximum atomic E-state index is 5.67. The summed E-state index contributed by atoms with van der Waals surface area (Å²) < 4.78 is 7.31. The monoisotopic (exact) mass is 275 g/mol. The molecule has 1 aromatic carbocycles. The van der Waals surface area contributed by atoms with Gasteiger partial charge in [-0.1, -0.05) is 12.2 Å². The Bertz CT molecular complexity index is 619. The molecule has 0 aliphatic carbocycles. The molecule has 0 saturated heterocycles. The van der Waals surface area contributed by atoms with Gasteiger partial charge in [-0.25, -0.2) is 0 Å². The Hall–Kier alpha value is -1.88. The normalized spacial score (nSPS) is 10.5. The zero-order chi connectivity index (χ0) is 14.0. The molecule has 0 spiro atoms. The van der Waals surface area contributed by atoms with Gasteiger partial charge in [0.1, 0.15) is 10.7 Å². The smallest absolute Gasteiger partial charge is 0.123 e. The third kappa shape index (κ3) is 2.93. The van der Waals surface area contributed by atoms with E-state index in [1.807, 2.05) is 42.8 Å². The predicted octanol–water partition coefficient (Wildman–Crippen LogP) is 2.19. The molecule has 100 valence electrons. The highest BCUT2D eigenvalue weighted by molar-refractivity contribution is 7.80. The van der Waals surface area contributed by atoms with E-state index < -0.39 is 0 Å². The van der Waals surface area contributed by atoms with Crippen LogP contribution < -0.4 is 10.5 Å².